The molecule has 0 aliphatic carbocycles. The van der Waals surface area contributed by atoms with Crippen LogP contribution in [0.15, 0.2) is 11.0 Å². The summed E-state index contributed by atoms with van der Waals surface area (Å²) in [6, 6.07) is 0. The summed E-state index contributed by atoms with van der Waals surface area (Å²) in [5.41, 5.74) is 5.23. The zero-order valence-corrected chi connectivity index (χ0v) is 11.6. The third-order valence-corrected chi connectivity index (χ3v) is 3.63. The van der Waals surface area contributed by atoms with Crippen molar-refractivity contribution in [3.8, 4) is 0 Å². The fraction of sp³-hybridized carbons (Fsp3) is 0.600. The Labute approximate surface area is 116 Å². The van der Waals surface area contributed by atoms with Crippen molar-refractivity contribution in [2.45, 2.75) is 31.1 Å². The predicted molar refractivity (Wildman–Crippen MR) is 64.8 cm³/mol. The first-order chi connectivity index (χ1) is 8.99. The van der Waals surface area contributed by atoms with Crippen LogP contribution in [0.2, 0.25) is 0 Å². The van der Waals surface area contributed by atoms with Gasteiger partial charge in [-0.25, -0.2) is 0 Å². The minimum atomic E-state index is -1.24. The van der Waals surface area contributed by atoms with Crippen molar-refractivity contribution in [3.63, 3.8) is 0 Å². The Morgan fingerprint density at radius 3 is 2.68 bits per heavy atom. The number of aliphatic hydroxyl groups is 3. The van der Waals surface area contributed by atoms with Gasteiger partial charge in [-0.15, -0.1) is 0 Å². The van der Waals surface area contributed by atoms with Gasteiger partial charge in [-0.1, -0.05) is 0 Å². The van der Waals surface area contributed by atoms with Gasteiger partial charge < -0.3 is 0 Å². The first kappa shape index (κ1) is 14.6. The number of ether oxygens (including phenoxy) is 1. The van der Waals surface area contributed by atoms with Crippen LogP contribution in [0.4, 0.5) is 0 Å². The molecule has 9 heteroatoms. The molecular weight excluding hydrogens is 321 g/mol. The molecule has 2 rings (SSSR count). The number of hydrogen-bond acceptors (Lipinski definition) is 7. The third-order valence-electron chi connectivity index (χ3n) is 3.00. The first-order valence-corrected chi connectivity index (χ1v) is 6.46. The number of nitrogens with zero attached hydrogens (tertiary/aromatic N) is 2. The molecule has 1 aromatic rings. The Hall–Kier alpha value is -0.801. The fourth-order valence-electron chi connectivity index (χ4n) is 1.93. The van der Waals surface area contributed by atoms with E-state index in [0.717, 1.165) is 0 Å². The first-order valence-electron chi connectivity index (χ1n) is 5.61. The molecule has 0 spiro atoms. The quantitative estimate of drug-likeness (QED) is 0.415. The molecule has 2 heterocycles. The molecule has 8 nitrogen and oxygen atoms in total. The van der Waals surface area contributed by atoms with Crippen LogP contribution in [0.5, 0.6) is 0 Å². The second kappa shape index (κ2) is 5.68. The van der Waals surface area contributed by atoms with Gasteiger partial charge in [0.2, 0.25) is 0 Å². The van der Waals surface area contributed by atoms with E-state index in [2.05, 4.69) is 21.0 Å². The molecule has 19 heavy (non-hydrogen) atoms. The van der Waals surface area contributed by atoms with Crippen LogP contribution < -0.4 is 16.0 Å². The van der Waals surface area contributed by atoms with Crippen LogP contribution >= 0.6 is 0 Å². The van der Waals surface area contributed by atoms with E-state index in [1.807, 2.05) is 0 Å². The summed E-state index contributed by atoms with van der Waals surface area (Å²) in [7, 11) is 0. The Morgan fingerprint density at radius 2 is 2.16 bits per heavy atom. The molecule has 1 saturated heterocycles. The molecule has 105 valence electrons. The van der Waals surface area contributed by atoms with Crippen molar-refractivity contribution >= 4 is 20.7 Å². The van der Waals surface area contributed by atoms with Crippen molar-refractivity contribution in [2.24, 2.45) is 5.73 Å². The van der Waals surface area contributed by atoms with E-state index < -0.39 is 36.7 Å². The van der Waals surface area contributed by atoms with Gasteiger partial charge in [-0.3, -0.25) is 0 Å². The van der Waals surface area contributed by atoms with Gasteiger partial charge in [0, 0.05) is 0 Å². The second-order valence-electron chi connectivity index (χ2n) is 4.19. The molecule has 1 aromatic heterocycles. The monoisotopic (exact) mass is 336 g/mol. The number of aliphatic hydroxyl groups excluding tert-OH is 3. The standard InChI is InChI=1S/C10H14N3O5Se/c11-1-4-2-13(10(19)12-8(4)17)9-7(16)6(15)5(3-14)18-9/h2,5-7,9,14-16H,1,3,11H2/t5-,6?,7+,9-/m1/s1. The molecule has 0 aromatic carbocycles. The molecule has 5 N–H and O–H groups in total. The molecule has 1 aliphatic heterocycles. The predicted octanol–water partition coefficient (Wildman–Crippen LogP) is -3.89. The van der Waals surface area contributed by atoms with Crippen molar-refractivity contribution in [2.75, 3.05) is 6.61 Å². The molecule has 1 unspecified atom stereocenters. The second-order valence-corrected chi connectivity index (χ2v) is 4.96. The number of rotatable bonds is 3. The summed E-state index contributed by atoms with van der Waals surface area (Å²) in [4.78, 5) is 15.2. The summed E-state index contributed by atoms with van der Waals surface area (Å²) in [6.07, 6.45) is -2.86. The number of nitrogens with two attached hydrogens (primary N) is 1. The Kier molecular flexibility index (Phi) is 4.36. The van der Waals surface area contributed by atoms with E-state index in [9.17, 15) is 15.0 Å². The zero-order chi connectivity index (χ0) is 14.2. The van der Waals surface area contributed by atoms with Gasteiger partial charge in [0.05, 0.1) is 0 Å². The average molecular weight is 335 g/mol. The fourth-order valence-corrected chi connectivity index (χ4v) is 2.43. The zero-order valence-electron chi connectivity index (χ0n) is 9.84. The summed E-state index contributed by atoms with van der Waals surface area (Å²) >= 11 is 2.58. The maximum atomic E-state index is 11.5. The van der Waals surface area contributed by atoms with Crippen molar-refractivity contribution in [1.29, 1.82) is 0 Å². The van der Waals surface area contributed by atoms with Crippen LogP contribution in [-0.4, -0.2) is 65.8 Å². The van der Waals surface area contributed by atoms with Gasteiger partial charge in [0.25, 0.3) is 0 Å². The van der Waals surface area contributed by atoms with Gasteiger partial charge in [0.15, 0.2) is 0 Å². The topological polar surface area (TPSA) is 131 Å². The number of aromatic nitrogens is 2. The van der Waals surface area contributed by atoms with Gasteiger partial charge >= 0.3 is 116 Å². The molecular formula is C10H14N3O5Se. The van der Waals surface area contributed by atoms with E-state index in [1.165, 1.54) is 10.8 Å². The molecule has 1 aliphatic rings. The summed E-state index contributed by atoms with van der Waals surface area (Å²) in [6.45, 7) is -0.421. The summed E-state index contributed by atoms with van der Waals surface area (Å²) in [5.74, 6) is 0. The maximum absolute atomic E-state index is 11.5. The summed E-state index contributed by atoms with van der Waals surface area (Å²) < 4.78 is 6.94. The van der Waals surface area contributed by atoms with E-state index in [1.54, 1.807) is 0 Å². The van der Waals surface area contributed by atoms with Crippen molar-refractivity contribution in [3.05, 3.63) is 22.1 Å². The van der Waals surface area contributed by atoms with Crippen molar-refractivity contribution in [1.82, 2.24) is 9.55 Å². The number of hydrogen-bond donors (Lipinski definition) is 4. The molecule has 0 saturated carbocycles. The molecule has 1 radical (unpaired) electrons. The van der Waals surface area contributed by atoms with E-state index in [-0.39, 0.29) is 16.8 Å². The Morgan fingerprint density at radius 1 is 1.47 bits per heavy atom. The van der Waals surface area contributed by atoms with E-state index in [4.69, 9.17) is 15.6 Å². The van der Waals surface area contributed by atoms with Gasteiger partial charge in [-0.2, -0.15) is 0 Å². The molecule has 4 atom stereocenters. The van der Waals surface area contributed by atoms with E-state index >= 15 is 0 Å². The minimum absolute atomic E-state index is 0.000903. The van der Waals surface area contributed by atoms with Gasteiger partial charge in [0.1, 0.15) is 0 Å². The third kappa shape index (κ3) is 2.59. The van der Waals surface area contributed by atoms with Crippen molar-refractivity contribution < 1.29 is 20.1 Å². The Balaban J connectivity index is 2.40. The van der Waals surface area contributed by atoms with Crippen LogP contribution in [0, 0.1) is 0 Å². The molecule has 0 amide bonds. The van der Waals surface area contributed by atoms with Crippen LogP contribution in [0.3, 0.4) is 0 Å². The summed E-state index contributed by atoms with van der Waals surface area (Å²) in [5, 5.41) is 28.6. The van der Waals surface area contributed by atoms with E-state index in [0.29, 0.717) is 0 Å². The Bertz CT molecular complexity index is 522. The van der Waals surface area contributed by atoms with Gasteiger partial charge in [-0.05, 0) is 0 Å². The average Bonchev–Trinajstić information content (AvgIpc) is 2.67. The van der Waals surface area contributed by atoms with Crippen LogP contribution in [0.1, 0.15) is 11.8 Å². The van der Waals surface area contributed by atoms with Crippen LogP contribution in [-0.2, 0) is 11.3 Å². The molecule has 1 fully saturated rings. The SMILES string of the molecule is NCc1cn([C@@H]2O[C@H](CO)C(O)[C@@H]2O)c([Se])nc1=O. The molecule has 0 bridgehead atoms. The normalized spacial score (nSPS) is 30.7. The van der Waals surface area contributed by atoms with Crippen LogP contribution in [0.25, 0.3) is 0 Å².